The molecule has 2 heterocycles. The fraction of sp³-hybridized carbons (Fsp3) is 0.500. The molecule has 0 unspecified atom stereocenters. The zero-order valence-electron chi connectivity index (χ0n) is 16.4. The zero-order chi connectivity index (χ0) is 20.1. The van der Waals surface area contributed by atoms with Crippen LogP contribution in [0.3, 0.4) is 0 Å². The lowest BCUT2D eigenvalue weighted by Crippen LogP contribution is -2.53. The van der Waals surface area contributed by atoms with Crippen molar-refractivity contribution in [2.24, 2.45) is 5.73 Å². The smallest absolute Gasteiger partial charge is 0.237 e. The molecule has 0 spiro atoms. The largest absolute Gasteiger partial charge is 0.327 e. The Morgan fingerprint density at radius 1 is 1.26 bits per heavy atom. The van der Waals surface area contributed by atoms with E-state index < -0.39 is 17.2 Å². The maximum Gasteiger partial charge on any atom is 0.237 e. The summed E-state index contributed by atoms with van der Waals surface area (Å²) in [5, 5.41) is 0. The molecule has 1 aliphatic rings. The Morgan fingerprint density at radius 3 is 2.52 bits per heavy atom. The summed E-state index contributed by atoms with van der Waals surface area (Å²) in [6.07, 6.45) is 0. The van der Waals surface area contributed by atoms with Gasteiger partial charge in [-0.15, -0.1) is 0 Å². The fourth-order valence-electron chi connectivity index (χ4n) is 3.92. The van der Waals surface area contributed by atoms with Gasteiger partial charge in [-0.3, -0.25) is 4.79 Å². The van der Waals surface area contributed by atoms with E-state index in [1.54, 1.807) is 17.0 Å². The highest BCUT2D eigenvalue weighted by Gasteiger charge is 2.41. The second-order valence-corrected chi connectivity index (χ2v) is 7.84. The topological polar surface area (TPSA) is 64.2 Å². The number of carbonyl (C=O) groups is 1. The van der Waals surface area contributed by atoms with Gasteiger partial charge < -0.3 is 15.2 Å². The molecule has 1 aliphatic heterocycles. The first-order chi connectivity index (χ1) is 12.6. The van der Waals surface area contributed by atoms with Gasteiger partial charge in [0.15, 0.2) is 11.6 Å². The molecule has 1 amide bonds. The average molecular weight is 376 g/mol. The van der Waals surface area contributed by atoms with Gasteiger partial charge in [0.1, 0.15) is 5.82 Å². The normalized spacial score (nSPS) is 16.0. The number of fused-ring (bicyclic) bond motifs is 1. The van der Waals surface area contributed by atoms with Gasteiger partial charge in [-0.2, -0.15) is 0 Å². The van der Waals surface area contributed by atoms with Crippen LogP contribution in [0.2, 0.25) is 0 Å². The number of benzene rings is 1. The Bertz CT molecular complexity index is 902. The van der Waals surface area contributed by atoms with Crippen LogP contribution in [0.15, 0.2) is 12.1 Å². The number of rotatable bonds is 3. The number of aryl methyl sites for hydroxylation is 1. The Kier molecular flexibility index (Phi) is 4.84. The highest BCUT2D eigenvalue weighted by molar-refractivity contribution is 5.79. The van der Waals surface area contributed by atoms with Crippen LogP contribution >= 0.6 is 0 Å². The van der Waals surface area contributed by atoms with Crippen LogP contribution in [0.1, 0.15) is 50.7 Å². The molecule has 0 radical (unpaired) electrons. The van der Waals surface area contributed by atoms with E-state index in [-0.39, 0.29) is 29.5 Å². The van der Waals surface area contributed by atoms with Crippen molar-refractivity contribution in [3.8, 4) is 11.3 Å². The molecule has 0 aliphatic carbocycles. The number of hydrogen-bond acceptors (Lipinski definition) is 3. The van der Waals surface area contributed by atoms with Crippen molar-refractivity contribution in [2.75, 3.05) is 13.1 Å². The number of nitrogens with two attached hydrogens (primary N) is 1. The number of aromatic nitrogens is 2. The van der Waals surface area contributed by atoms with Crippen molar-refractivity contribution in [1.82, 2.24) is 14.5 Å². The maximum absolute atomic E-state index is 14.7. The number of amides is 1. The molecule has 146 valence electrons. The highest BCUT2D eigenvalue weighted by atomic mass is 19.2. The number of halogens is 2. The van der Waals surface area contributed by atoms with E-state index in [0.29, 0.717) is 24.6 Å². The van der Waals surface area contributed by atoms with E-state index in [4.69, 9.17) is 10.7 Å². The third-order valence-corrected chi connectivity index (χ3v) is 5.33. The van der Waals surface area contributed by atoms with Crippen LogP contribution in [0, 0.1) is 18.6 Å². The van der Waals surface area contributed by atoms with Crippen molar-refractivity contribution >= 4 is 5.91 Å². The molecule has 3 rings (SSSR count). The van der Waals surface area contributed by atoms with Crippen LogP contribution in [0.5, 0.6) is 0 Å². The van der Waals surface area contributed by atoms with Gasteiger partial charge in [0.05, 0.1) is 17.8 Å². The quantitative estimate of drug-likeness (QED) is 0.894. The number of nitrogens with zero attached hydrogens (tertiary/aromatic N) is 3. The van der Waals surface area contributed by atoms with Gasteiger partial charge in [-0.1, -0.05) is 19.9 Å². The van der Waals surface area contributed by atoms with Crippen molar-refractivity contribution in [1.29, 1.82) is 0 Å². The first-order valence-corrected chi connectivity index (χ1v) is 9.17. The molecule has 5 nitrogen and oxygen atoms in total. The molecular formula is C20H26F2N4O. The Morgan fingerprint density at radius 2 is 1.93 bits per heavy atom. The summed E-state index contributed by atoms with van der Waals surface area (Å²) in [7, 11) is 0. The first-order valence-electron chi connectivity index (χ1n) is 9.17. The second-order valence-electron chi connectivity index (χ2n) is 7.84. The molecule has 0 saturated carbocycles. The lowest BCUT2D eigenvalue weighted by atomic mass is 9.98. The molecule has 2 N–H and O–H groups in total. The molecule has 1 aromatic carbocycles. The summed E-state index contributed by atoms with van der Waals surface area (Å²) in [6, 6.07) is 3.13. The minimum atomic E-state index is -0.889. The monoisotopic (exact) mass is 376 g/mol. The second kappa shape index (κ2) is 6.71. The van der Waals surface area contributed by atoms with Crippen LogP contribution in [0.25, 0.3) is 11.3 Å². The van der Waals surface area contributed by atoms with E-state index in [1.165, 1.54) is 6.92 Å². The first kappa shape index (κ1) is 19.5. The van der Waals surface area contributed by atoms with Gasteiger partial charge >= 0.3 is 0 Å². The third kappa shape index (κ3) is 2.94. The van der Waals surface area contributed by atoms with E-state index >= 15 is 0 Å². The number of hydrogen-bond donors (Lipinski definition) is 1. The minimum absolute atomic E-state index is 0.0533. The average Bonchev–Trinajstić information content (AvgIpc) is 3.00. The van der Waals surface area contributed by atoms with Gasteiger partial charge in [-0.05, 0) is 38.3 Å². The molecule has 0 saturated heterocycles. The molecule has 27 heavy (non-hydrogen) atoms. The van der Waals surface area contributed by atoms with Gasteiger partial charge in [0.2, 0.25) is 5.91 Å². The SMILES string of the molecule is Cc1ccc(-c2nc3n(c2C(C)C)CCN(C(=O)CN)C3(C)C)c(F)c1F. The summed E-state index contributed by atoms with van der Waals surface area (Å²) < 4.78 is 30.9. The summed E-state index contributed by atoms with van der Waals surface area (Å²) in [5.74, 6) is -1.19. The van der Waals surface area contributed by atoms with E-state index in [0.717, 1.165) is 5.69 Å². The van der Waals surface area contributed by atoms with Gasteiger partial charge in [-0.25, -0.2) is 13.8 Å². The van der Waals surface area contributed by atoms with Crippen LogP contribution < -0.4 is 5.73 Å². The lowest BCUT2D eigenvalue weighted by Gasteiger charge is -2.42. The molecule has 1 aromatic heterocycles. The summed E-state index contributed by atoms with van der Waals surface area (Å²) in [4.78, 5) is 18.7. The molecule has 0 bridgehead atoms. The predicted octanol–water partition coefficient (Wildman–Crippen LogP) is 3.30. The van der Waals surface area contributed by atoms with Crippen LogP contribution in [-0.2, 0) is 16.9 Å². The zero-order valence-corrected chi connectivity index (χ0v) is 16.4. The summed E-state index contributed by atoms with van der Waals surface area (Å²) in [6.45, 7) is 10.3. The molecular weight excluding hydrogens is 350 g/mol. The van der Waals surface area contributed by atoms with Crippen LogP contribution in [0.4, 0.5) is 8.78 Å². The fourth-order valence-corrected chi connectivity index (χ4v) is 3.92. The highest BCUT2D eigenvalue weighted by Crippen LogP contribution is 2.39. The van der Waals surface area contributed by atoms with E-state index in [1.807, 2.05) is 32.3 Å². The van der Waals surface area contributed by atoms with E-state index in [9.17, 15) is 13.6 Å². The van der Waals surface area contributed by atoms with Crippen molar-refractivity contribution in [3.63, 3.8) is 0 Å². The lowest BCUT2D eigenvalue weighted by molar-refractivity contribution is -0.137. The molecule has 0 fully saturated rings. The third-order valence-electron chi connectivity index (χ3n) is 5.33. The Balaban J connectivity index is 2.24. The molecule has 2 aromatic rings. The van der Waals surface area contributed by atoms with Crippen molar-refractivity contribution in [2.45, 2.75) is 52.6 Å². The van der Waals surface area contributed by atoms with Gasteiger partial charge in [0, 0.05) is 24.3 Å². The minimum Gasteiger partial charge on any atom is -0.327 e. The Labute approximate surface area is 158 Å². The standard InChI is InChI=1S/C20H26F2N4O/c1-11(2)18-17(13-7-6-12(3)15(21)16(13)22)24-19-20(4,5)26(14(27)10-23)9-8-25(18)19/h6-7,11H,8-10,23H2,1-5H3. The summed E-state index contributed by atoms with van der Waals surface area (Å²) >= 11 is 0. The number of imidazole rings is 1. The van der Waals surface area contributed by atoms with Crippen molar-refractivity contribution < 1.29 is 13.6 Å². The summed E-state index contributed by atoms with van der Waals surface area (Å²) in [5.41, 5.74) is 6.55. The van der Waals surface area contributed by atoms with Gasteiger partial charge in [0.25, 0.3) is 0 Å². The van der Waals surface area contributed by atoms with Crippen molar-refractivity contribution in [3.05, 3.63) is 40.8 Å². The van der Waals surface area contributed by atoms with E-state index in [2.05, 4.69) is 0 Å². The van der Waals surface area contributed by atoms with Crippen LogP contribution in [-0.4, -0.2) is 33.4 Å². The maximum atomic E-state index is 14.7. The molecule has 7 heteroatoms. The number of carbonyl (C=O) groups excluding carboxylic acids is 1. The molecule has 0 atom stereocenters. The Hall–Kier alpha value is -2.28. The predicted molar refractivity (Wildman–Crippen MR) is 100 cm³/mol.